The second kappa shape index (κ2) is 7.96. The van der Waals surface area contributed by atoms with Gasteiger partial charge in [-0.05, 0) is 32.8 Å². The molecule has 0 aliphatic carbocycles. The summed E-state index contributed by atoms with van der Waals surface area (Å²) in [6, 6.07) is 9.97. The Morgan fingerprint density at radius 3 is 2.44 bits per heavy atom. The fourth-order valence-electron chi connectivity index (χ4n) is 2.58. The van der Waals surface area contributed by atoms with Crippen molar-refractivity contribution in [2.24, 2.45) is 0 Å². The molecule has 6 nitrogen and oxygen atoms in total. The molecule has 2 amide bonds. The highest BCUT2D eigenvalue weighted by Gasteiger charge is 2.18. The summed E-state index contributed by atoms with van der Waals surface area (Å²) in [5.41, 5.74) is 2.17. The van der Waals surface area contributed by atoms with E-state index in [0.717, 1.165) is 11.3 Å². The Balaban J connectivity index is 2.04. The first-order valence-electron chi connectivity index (χ1n) is 8.48. The lowest BCUT2D eigenvalue weighted by atomic mass is 10.1. The van der Waals surface area contributed by atoms with Crippen LogP contribution in [0, 0.1) is 0 Å². The maximum absolute atomic E-state index is 12.4. The Labute approximate surface area is 148 Å². The van der Waals surface area contributed by atoms with Crippen LogP contribution in [0.3, 0.4) is 0 Å². The maximum atomic E-state index is 12.4. The second-order valence-electron chi connectivity index (χ2n) is 6.98. The quantitative estimate of drug-likeness (QED) is 0.844. The van der Waals surface area contributed by atoms with Gasteiger partial charge in [-0.15, -0.1) is 0 Å². The number of rotatable bonds is 6. The Hall–Kier alpha value is -2.63. The molecular weight excluding hydrogens is 316 g/mol. The van der Waals surface area contributed by atoms with Gasteiger partial charge in [-0.2, -0.15) is 5.10 Å². The van der Waals surface area contributed by atoms with Crippen molar-refractivity contribution >= 4 is 11.8 Å². The lowest BCUT2D eigenvalue weighted by Crippen LogP contribution is -2.45. The lowest BCUT2D eigenvalue weighted by molar-refractivity contribution is -0.121. The Kier molecular flexibility index (Phi) is 5.96. The van der Waals surface area contributed by atoms with Crippen molar-refractivity contribution in [2.75, 3.05) is 6.54 Å². The average molecular weight is 342 g/mol. The van der Waals surface area contributed by atoms with Gasteiger partial charge in [0.1, 0.15) is 0 Å². The highest BCUT2D eigenvalue weighted by atomic mass is 16.2. The van der Waals surface area contributed by atoms with Crippen molar-refractivity contribution in [1.29, 1.82) is 0 Å². The first-order valence-corrected chi connectivity index (χ1v) is 8.48. The van der Waals surface area contributed by atoms with Crippen molar-refractivity contribution in [2.45, 2.75) is 46.2 Å². The third kappa shape index (κ3) is 5.45. The third-order valence-electron chi connectivity index (χ3n) is 3.63. The molecule has 2 N–H and O–H groups in total. The van der Waals surface area contributed by atoms with Crippen molar-refractivity contribution in [3.8, 4) is 0 Å². The number of hydrogen-bond acceptors (Lipinski definition) is 3. The van der Waals surface area contributed by atoms with Gasteiger partial charge in [-0.1, -0.05) is 37.3 Å². The van der Waals surface area contributed by atoms with Gasteiger partial charge < -0.3 is 10.6 Å². The van der Waals surface area contributed by atoms with Crippen LogP contribution in [-0.4, -0.2) is 33.7 Å². The molecule has 0 spiro atoms. The Morgan fingerprint density at radius 1 is 1.16 bits per heavy atom. The van der Waals surface area contributed by atoms with Crippen LogP contribution in [0.5, 0.6) is 0 Å². The van der Waals surface area contributed by atoms with Gasteiger partial charge in [0.25, 0.3) is 5.91 Å². The minimum atomic E-state index is -0.322. The minimum Gasteiger partial charge on any atom is -0.350 e. The normalized spacial score (nSPS) is 11.2. The van der Waals surface area contributed by atoms with Crippen LogP contribution < -0.4 is 10.6 Å². The van der Waals surface area contributed by atoms with Crippen LogP contribution in [0.25, 0.3) is 0 Å². The number of benzene rings is 1. The van der Waals surface area contributed by atoms with Gasteiger partial charge >= 0.3 is 0 Å². The molecular formula is C19H26N4O2. The molecule has 25 heavy (non-hydrogen) atoms. The third-order valence-corrected chi connectivity index (χ3v) is 3.63. The number of carbonyl (C=O) groups excluding carboxylic acids is 2. The fraction of sp³-hybridized carbons (Fsp3) is 0.421. The van der Waals surface area contributed by atoms with E-state index in [0.29, 0.717) is 18.5 Å². The molecule has 0 saturated heterocycles. The molecule has 0 saturated carbocycles. The van der Waals surface area contributed by atoms with Gasteiger partial charge in [-0.3, -0.25) is 14.3 Å². The number of aromatic nitrogens is 2. The van der Waals surface area contributed by atoms with Crippen molar-refractivity contribution in [3.05, 3.63) is 53.3 Å². The standard InChI is InChI=1S/C19H26N4O2/c1-5-16-15(18(25)20-12-17(24)22-19(2,3)4)11-21-23(16)13-14-9-7-6-8-10-14/h6-11H,5,12-13H2,1-4H3,(H,20,25)(H,22,24). The van der Waals surface area contributed by atoms with Crippen LogP contribution in [0.15, 0.2) is 36.5 Å². The molecule has 1 heterocycles. The van der Waals surface area contributed by atoms with Crippen LogP contribution in [-0.2, 0) is 17.8 Å². The SMILES string of the molecule is CCc1c(C(=O)NCC(=O)NC(C)(C)C)cnn1Cc1ccccc1. The van der Waals surface area contributed by atoms with Gasteiger partial charge in [0.05, 0.1) is 30.5 Å². The highest BCUT2D eigenvalue weighted by molar-refractivity contribution is 5.97. The van der Waals surface area contributed by atoms with E-state index in [9.17, 15) is 9.59 Å². The van der Waals surface area contributed by atoms with E-state index < -0.39 is 0 Å². The van der Waals surface area contributed by atoms with E-state index in [1.807, 2.05) is 62.7 Å². The van der Waals surface area contributed by atoms with Crippen LogP contribution in [0.2, 0.25) is 0 Å². The summed E-state index contributed by atoms with van der Waals surface area (Å²) >= 11 is 0. The average Bonchev–Trinajstić information content (AvgIpc) is 2.94. The van der Waals surface area contributed by atoms with E-state index in [2.05, 4.69) is 15.7 Å². The van der Waals surface area contributed by atoms with Crippen LogP contribution >= 0.6 is 0 Å². The van der Waals surface area contributed by atoms with E-state index in [1.165, 1.54) is 0 Å². The molecule has 0 unspecified atom stereocenters. The number of hydrogen-bond donors (Lipinski definition) is 2. The summed E-state index contributed by atoms with van der Waals surface area (Å²) in [5.74, 6) is -0.490. The zero-order valence-electron chi connectivity index (χ0n) is 15.3. The molecule has 0 bridgehead atoms. The van der Waals surface area contributed by atoms with E-state index in [1.54, 1.807) is 6.20 Å². The summed E-state index contributed by atoms with van der Waals surface area (Å²) < 4.78 is 1.83. The second-order valence-corrected chi connectivity index (χ2v) is 6.98. The first-order chi connectivity index (χ1) is 11.8. The van der Waals surface area contributed by atoms with Gasteiger partial charge in [0.15, 0.2) is 0 Å². The molecule has 0 aliphatic heterocycles. The van der Waals surface area contributed by atoms with Crippen LogP contribution in [0.4, 0.5) is 0 Å². The molecule has 0 fully saturated rings. The number of amides is 2. The van der Waals surface area contributed by atoms with Gasteiger partial charge in [0, 0.05) is 5.54 Å². The molecule has 1 aromatic carbocycles. The van der Waals surface area contributed by atoms with Crippen molar-refractivity contribution < 1.29 is 9.59 Å². The predicted octanol–water partition coefficient (Wildman–Crippen LogP) is 2.14. The predicted molar refractivity (Wildman–Crippen MR) is 97.4 cm³/mol. The molecule has 134 valence electrons. The minimum absolute atomic E-state index is 0.0525. The largest absolute Gasteiger partial charge is 0.350 e. The van der Waals surface area contributed by atoms with E-state index in [4.69, 9.17) is 0 Å². The lowest BCUT2D eigenvalue weighted by Gasteiger charge is -2.20. The van der Waals surface area contributed by atoms with E-state index >= 15 is 0 Å². The molecule has 0 aliphatic rings. The molecule has 1 aromatic heterocycles. The maximum Gasteiger partial charge on any atom is 0.255 e. The van der Waals surface area contributed by atoms with Gasteiger partial charge in [0.2, 0.25) is 5.91 Å². The van der Waals surface area contributed by atoms with E-state index in [-0.39, 0.29) is 23.9 Å². The summed E-state index contributed by atoms with van der Waals surface area (Å²) in [6.07, 6.45) is 2.25. The number of nitrogens with zero attached hydrogens (tertiary/aromatic N) is 2. The molecule has 0 radical (unpaired) electrons. The number of nitrogens with one attached hydrogen (secondary N) is 2. The topological polar surface area (TPSA) is 76.0 Å². The molecule has 2 aromatic rings. The number of carbonyl (C=O) groups is 2. The smallest absolute Gasteiger partial charge is 0.255 e. The Bertz CT molecular complexity index is 730. The zero-order valence-corrected chi connectivity index (χ0v) is 15.3. The Morgan fingerprint density at radius 2 is 1.84 bits per heavy atom. The highest BCUT2D eigenvalue weighted by Crippen LogP contribution is 2.12. The summed E-state index contributed by atoms with van der Waals surface area (Å²) in [4.78, 5) is 24.3. The zero-order chi connectivity index (χ0) is 18.4. The summed E-state index contributed by atoms with van der Waals surface area (Å²) in [7, 11) is 0. The summed E-state index contributed by atoms with van der Waals surface area (Å²) in [6.45, 7) is 8.24. The summed E-state index contributed by atoms with van der Waals surface area (Å²) in [5, 5.41) is 9.83. The first kappa shape index (κ1) is 18.7. The fourth-order valence-corrected chi connectivity index (χ4v) is 2.58. The van der Waals surface area contributed by atoms with Crippen molar-refractivity contribution in [3.63, 3.8) is 0 Å². The molecule has 2 rings (SSSR count). The molecule has 6 heteroatoms. The van der Waals surface area contributed by atoms with Gasteiger partial charge in [-0.25, -0.2) is 0 Å². The van der Waals surface area contributed by atoms with Crippen molar-refractivity contribution in [1.82, 2.24) is 20.4 Å². The monoisotopic (exact) mass is 342 g/mol. The molecule has 0 atom stereocenters. The van der Waals surface area contributed by atoms with Crippen LogP contribution in [0.1, 0.15) is 49.3 Å².